The number of carbonyl (C=O) groups excluding carboxylic acids is 3. The monoisotopic (exact) mass is 658 g/mol. The van der Waals surface area contributed by atoms with Crippen LogP contribution in [-0.2, 0) is 28.7 Å². The number of rotatable bonds is 6. The number of carboxylic acids is 2. The summed E-state index contributed by atoms with van der Waals surface area (Å²) in [5.41, 5.74) is 6.41. The van der Waals surface area contributed by atoms with Crippen LogP contribution in [0.15, 0.2) is 36.1 Å². The van der Waals surface area contributed by atoms with Gasteiger partial charge in [-0.2, -0.15) is 0 Å². The molecule has 0 radical (unpaired) electrons. The van der Waals surface area contributed by atoms with Gasteiger partial charge in [0.2, 0.25) is 17.7 Å². The molecule has 0 aromatic heterocycles. The van der Waals surface area contributed by atoms with E-state index in [-0.39, 0.29) is 99.7 Å². The summed E-state index contributed by atoms with van der Waals surface area (Å²) in [6.07, 6.45) is 1.03. The van der Waals surface area contributed by atoms with Crippen molar-refractivity contribution in [1.29, 1.82) is 0 Å². The summed E-state index contributed by atoms with van der Waals surface area (Å²) in [6.45, 7) is 3.24. The third-order valence-electron chi connectivity index (χ3n) is 6.80. The molecule has 1 aromatic rings. The number of hydrogen-bond acceptors (Lipinski definition) is 10. The Balaban J connectivity index is 0. The van der Waals surface area contributed by atoms with Crippen molar-refractivity contribution in [3.8, 4) is 5.75 Å². The number of aliphatic hydroxyl groups is 1. The van der Waals surface area contributed by atoms with Crippen LogP contribution in [0.3, 0.4) is 0 Å². The Kier molecular flexibility index (Phi) is 14.8. The predicted molar refractivity (Wildman–Crippen MR) is 146 cm³/mol. The molecule has 19 heteroatoms. The first kappa shape index (κ1) is 40.7. The average Bonchev–Trinajstić information content (AvgIpc) is 3.31. The van der Waals surface area contributed by atoms with Crippen molar-refractivity contribution in [3.63, 3.8) is 0 Å². The van der Waals surface area contributed by atoms with Crippen LogP contribution in [0.4, 0.5) is 0 Å². The topological polar surface area (TPSA) is 315 Å². The third-order valence-corrected chi connectivity index (χ3v) is 8.37. The molecular weight excluding hydrogens is 623 g/mol. The largest absolute Gasteiger partial charge is 1.00 e. The molecule has 1 aromatic carbocycles. The molecule has 0 bridgehead atoms. The Hall–Kier alpha value is -2.30. The van der Waals surface area contributed by atoms with Gasteiger partial charge in [0.25, 0.3) is 0 Å². The molecule has 0 saturated carbocycles. The van der Waals surface area contributed by atoms with Gasteiger partial charge in [0.1, 0.15) is 35.0 Å². The number of benzene rings is 1. The number of β-lactam (4-membered cyclic amide) rings is 2. The Morgan fingerprint density at radius 1 is 1.14 bits per heavy atom. The third kappa shape index (κ3) is 7.68. The Bertz CT molecular complexity index is 1250. The number of carboxylic acid groups (broad SMARTS) is 2. The predicted octanol–water partition coefficient (Wildman–Crippen LogP) is -6.43. The maximum Gasteiger partial charge on any atom is 1.00 e. The van der Waals surface area contributed by atoms with Crippen LogP contribution in [0, 0.1) is 0 Å². The van der Waals surface area contributed by atoms with E-state index in [0.717, 1.165) is 0 Å². The molecule has 4 fully saturated rings. The molecule has 4 aliphatic heterocycles. The van der Waals surface area contributed by atoms with Crippen LogP contribution in [0.1, 0.15) is 33.3 Å². The number of nitrogens with one attached hydrogen (secondary N) is 1. The number of aromatic hydroxyl groups is 1. The minimum atomic E-state index is -1.14. The van der Waals surface area contributed by atoms with Crippen molar-refractivity contribution in [3.05, 3.63) is 41.7 Å². The van der Waals surface area contributed by atoms with Crippen LogP contribution in [0.5, 0.6) is 5.75 Å². The van der Waals surface area contributed by atoms with Gasteiger partial charge in [-0.15, -0.1) is 11.8 Å². The number of phenols is 1. The number of nitrogens with two attached hydrogens (primary N) is 1. The standard InChI is InChI=1S/C16H19N3O5S.C8H9NO5.K.3H2O.H/c1-16(2)11(15(23)24)19-13(22)10(14(19)25-16)18-12(21)9(17)7-3-5-8(20)6-4-7;10-2-1-4-7(8(12)13)9-5(11)3-6(9)14-4;;;;;/h3-6,9-11,14,20H,17H2,1-2H3,(H,18,21)(H,23,24);1,6-7,10H,2-3H2,(H,12,13);;3*1H2;/q;;+1;;;;-1/t9-,10-,11+,14-;6-,7-;;;;;/m11...../s1. The summed E-state index contributed by atoms with van der Waals surface area (Å²) in [6, 6.07) is 2.14. The minimum Gasteiger partial charge on any atom is -1.00 e. The molecule has 43 heavy (non-hydrogen) atoms. The molecule has 4 aliphatic rings. The minimum absolute atomic E-state index is 0. The van der Waals surface area contributed by atoms with E-state index in [1.807, 2.05) is 0 Å². The van der Waals surface area contributed by atoms with Crippen molar-refractivity contribution < 1.29 is 118 Å². The van der Waals surface area contributed by atoms with E-state index in [4.69, 9.17) is 20.7 Å². The van der Waals surface area contributed by atoms with Crippen LogP contribution >= 0.6 is 11.8 Å². The van der Waals surface area contributed by atoms with Crippen molar-refractivity contribution in [2.45, 2.75) is 60.8 Å². The molecule has 236 valence electrons. The summed E-state index contributed by atoms with van der Waals surface area (Å²) < 4.78 is 4.52. The molecule has 5 rings (SSSR count). The fraction of sp³-hybridized carbons (Fsp3) is 0.458. The number of thioether (sulfide) groups is 1. The SMILES string of the molecule is CC1(C)S[C@@H]2[C@H](NC(=O)[C@H](N)c3ccc(O)cc3)C(=O)N2[C@H]1C(=O)O.O.O.O.O=C(O)[C@H]1C(=CCO)O[C@@H]2CC(=O)N12.[H-].[K+]. The number of hydrogen-bond donors (Lipinski definition) is 6. The zero-order chi connectivity index (χ0) is 28.8. The number of ether oxygens (including phenoxy) is 1. The van der Waals surface area contributed by atoms with Gasteiger partial charge in [0.15, 0.2) is 12.3 Å². The number of amides is 3. The zero-order valence-corrected chi connectivity index (χ0v) is 27.3. The van der Waals surface area contributed by atoms with Gasteiger partial charge in [-0.3, -0.25) is 19.3 Å². The first-order chi connectivity index (χ1) is 18.3. The van der Waals surface area contributed by atoms with E-state index in [1.54, 1.807) is 13.8 Å². The molecule has 4 saturated heterocycles. The quantitative estimate of drug-likeness (QED) is 0.123. The molecule has 6 atom stereocenters. The molecular formula is C24H35KN4O13S. The summed E-state index contributed by atoms with van der Waals surface area (Å²) >= 11 is 1.35. The molecule has 0 unspecified atom stereocenters. The molecule has 3 amide bonds. The van der Waals surface area contributed by atoms with E-state index < -0.39 is 64.3 Å². The van der Waals surface area contributed by atoms with Gasteiger partial charge in [0.05, 0.1) is 13.0 Å². The van der Waals surface area contributed by atoms with Crippen LogP contribution in [0.2, 0.25) is 0 Å². The van der Waals surface area contributed by atoms with Gasteiger partial charge in [0, 0.05) is 4.75 Å². The molecule has 4 heterocycles. The van der Waals surface area contributed by atoms with Crippen molar-refractivity contribution in [1.82, 2.24) is 15.1 Å². The summed E-state index contributed by atoms with van der Waals surface area (Å²) in [5, 5.41) is 38.4. The Morgan fingerprint density at radius 2 is 1.72 bits per heavy atom. The van der Waals surface area contributed by atoms with E-state index in [9.17, 15) is 34.2 Å². The fourth-order valence-electron chi connectivity index (χ4n) is 4.88. The summed E-state index contributed by atoms with van der Waals surface area (Å²) in [7, 11) is 0. The van der Waals surface area contributed by atoms with Gasteiger partial charge in [-0.05, 0) is 37.6 Å². The first-order valence-electron chi connectivity index (χ1n) is 11.9. The van der Waals surface area contributed by atoms with Crippen molar-refractivity contribution in [2.75, 3.05) is 6.61 Å². The summed E-state index contributed by atoms with van der Waals surface area (Å²) in [5.74, 6) is -3.16. The van der Waals surface area contributed by atoms with Crippen molar-refractivity contribution >= 4 is 41.4 Å². The maximum atomic E-state index is 12.3. The number of aliphatic hydroxyl groups excluding tert-OH is 1. The normalized spacial score (nSPS) is 26.9. The first-order valence-corrected chi connectivity index (χ1v) is 12.8. The van der Waals surface area contributed by atoms with Crippen molar-refractivity contribution in [2.24, 2.45) is 5.73 Å². The molecule has 13 N–H and O–H groups in total. The summed E-state index contributed by atoms with van der Waals surface area (Å²) in [4.78, 5) is 60.5. The van der Waals surface area contributed by atoms with Crippen LogP contribution in [-0.4, -0.2) is 117 Å². The number of fused-ring (bicyclic) bond motifs is 2. The Labute approximate surface area is 293 Å². The molecule has 17 nitrogen and oxygen atoms in total. The number of phenolic OH excluding ortho intramolecular Hbond substituents is 1. The number of aliphatic carboxylic acids is 2. The number of nitrogens with zero attached hydrogens (tertiary/aromatic N) is 2. The maximum absolute atomic E-state index is 12.3. The number of carbonyl (C=O) groups is 5. The van der Waals surface area contributed by atoms with Gasteiger partial charge < -0.3 is 59.0 Å². The van der Waals surface area contributed by atoms with Gasteiger partial charge >= 0.3 is 63.3 Å². The zero-order valence-electron chi connectivity index (χ0n) is 24.4. The van der Waals surface area contributed by atoms with Gasteiger partial charge in [-0.25, -0.2) is 9.59 Å². The second-order valence-electron chi connectivity index (χ2n) is 9.76. The fourth-order valence-corrected chi connectivity index (χ4v) is 6.51. The van der Waals surface area contributed by atoms with E-state index >= 15 is 0 Å². The second kappa shape index (κ2) is 15.6. The second-order valence-corrected chi connectivity index (χ2v) is 11.5. The Morgan fingerprint density at radius 3 is 2.21 bits per heavy atom. The van der Waals surface area contributed by atoms with E-state index in [2.05, 4.69) is 5.32 Å². The van der Waals surface area contributed by atoms with E-state index in [0.29, 0.717) is 5.56 Å². The van der Waals surface area contributed by atoms with Gasteiger partial charge in [-0.1, -0.05) is 12.1 Å². The average molecular weight is 659 g/mol. The smallest absolute Gasteiger partial charge is 1.00 e. The molecule has 0 spiro atoms. The van der Waals surface area contributed by atoms with E-state index in [1.165, 1.54) is 51.9 Å². The molecule has 0 aliphatic carbocycles. The van der Waals surface area contributed by atoms with Crippen LogP contribution in [0.25, 0.3) is 0 Å². The van der Waals surface area contributed by atoms with Crippen LogP contribution < -0.4 is 62.4 Å².